The van der Waals surface area contributed by atoms with Gasteiger partial charge in [-0.1, -0.05) is 24.3 Å². The largest absolute Gasteiger partial charge is 0.340 e. The molecule has 2 unspecified atom stereocenters. The van der Waals surface area contributed by atoms with Gasteiger partial charge in [0, 0.05) is 12.1 Å². The molecule has 25 heavy (non-hydrogen) atoms. The van der Waals surface area contributed by atoms with Crippen molar-refractivity contribution in [3.05, 3.63) is 59.4 Å². The van der Waals surface area contributed by atoms with Gasteiger partial charge in [0.05, 0.1) is 23.1 Å². The molecule has 1 aromatic heterocycles. The first-order chi connectivity index (χ1) is 12.1. The van der Waals surface area contributed by atoms with Crippen molar-refractivity contribution in [1.82, 2.24) is 9.97 Å². The standard InChI is InChI=1S/C19H19FN4O/c1-11(21)19(25)24-16-5-3-2-4-13(16)9-17(24)18-22-14-7-6-12(10-20)8-15(14)23-18/h2-8,11,17H,9-10,21H2,1H3,(H,22,23). The first kappa shape index (κ1) is 15.8. The summed E-state index contributed by atoms with van der Waals surface area (Å²) in [6.45, 7) is 1.17. The molecule has 5 nitrogen and oxygen atoms in total. The highest BCUT2D eigenvalue weighted by molar-refractivity contribution is 5.99. The number of rotatable bonds is 3. The number of carbonyl (C=O) groups excluding carboxylic acids is 1. The number of carbonyl (C=O) groups is 1. The summed E-state index contributed by atoms with van der Waals surface area (Å²) in [5.74, 6) is 0.552. The minimum atomic E-state index is -0.601. The second-order valence-electron chi connectivity index (χ2n) is 6.45. The van der Waals surface area contributed by atoms with Gasteiger partial charge in [-0.05, 0) is 36.2 Å². The number of imidazole rings is 1. The lowest BCUT2D eigenvalue weighted by atomic mass is 10.1. The van der Waals surface area contributed by atoms with Crippen LogP contribution >= 0.6 is 0 Å². The molecule has 0 saturated heterocycles. The average Bonchev–Trinajstić information content (AvgIpc) is 3.21. The lowest BCUT2D eigenvalue weighted by Gasteiger charge is -2.25. The van der Waals surface area contributed by atoms with Crippen LogP contribution < -0.4 is 10.6 Å². The van der Waals surface area contributed by atoms with Crippen LogP contribution in [0.25, 0.3) is 11.0 Å². The van der Waals surface area contributed by atoms with Gasteiger partial charge >= 0.3 is 0 Å². The smallest absolute Gasteiger partial charge is 0.244 e. The maximum atomic E-state index is 12.9. The van der Waals surface area contributed by atoms with Crippen molar-refractivity contribution in [2.24, 2.45) is 5.73 Å². The van der Waals surface area contributed by atoms with E-state index in [0.29, 0.717) is 17.8 Å². The topological polar surface area (TPSA) is 75.0 Å². The summed E-state index contributed by atoms with van der Waals surface area (Å²) in [5.41, 5.74) is 9.96. The highest BCUT2D eigenvalue weighted by Gasteiger charge is 2.37. The summed E-state index contributed by atoms with van der Waals surface area (Å²) < 4.78 is 12.9. The Bertz CT molecular complexity index is 950. The summed E-state index contributed by atoms with van der Waals surface area (Å²) in [5, 5.41) is 0. The maximum absolute atomic E-state index is 12.9. The molecule has 2 atom stereocenters. The molecule has 1 amide bonds. The number of anilines is 1. The van der Waals surface area contributed by atoms with Crippen molar-refractivity contribution in [2.45, 2.75) is 32.1 Å². The molecule has 0 radical (unpaired) electrons. The van der Waals surface area contributed by atoms with Crippen molar-refractivity contribution in [3.63, 3.8) is 0 Å². The fourth-order valence-corrected chi connectivity index (χ4v) is 3.41. The second-order valence-corrected chi connectivity index (χ2v) is 6.45. The SMILES string of the molecule is CC(N)C(=O)N1c2ccccc2CC1c1nc2ccc(CF)cc2[nH]1. The van der Waals surface area contributed by atoms with Crippen molar-refractivity contribution in [2.75, 3.05) is 4.90 Å². The van der Waals surface area contributed by atoms with E-state index in [1.54, 1.807) is 30.0 Å². The van der Waals surface area contributed by atoms with Crippen LogP contribution in [0.4, 0.5) is 10.1 Å². The van der Waals surface area contributed by atoms with Crippen molar-refractivity contribution in [3.8, 4) is 0 Å². The number of para-hydroxylation sites is 1. The zero-order chi connectivity index (χ0) is 17.6. The normalized spacial score (nSPS) is 17.7. The van der Waals surface area contributed by atoms with Crippen LogP contribution in [0.5, 0.6) is 0 Å². The molecule has 0 fully saturated rings. The van der Waals surface area contributed by atoms with E-state index in [9.17, 15) is 9.18 Å². The highest BCUT2D eigenvalue weighted by Crippen LogP contribution is 2.40. The van der Waals surface area contributed by atoms with Crippen LogP contribution in [0.2, 0.25) is 0 Å². The van der Waals surface area contributed by atoms with Gasteiger partial charge in [0.1, 0.15) is 12.5 Å². The predicted octanol–water partition coefficient (Wildman–Crippen LogP) is 3.01. The summed E-state index contributed by atoms with van der Waals surface area (Å²) in [7, 11) is 0. The Kier molecular flexibility index (Phi) is 3.77. The molecule has 3 aromatic rings. The molecule has 0 bridgehead atoms. The number of benzene rings is 2. The van der Waals surface area contributed by atoms with Crippen LogP contribution in [0, 0.1) is 0 Å². The molecule has 0 saturated carbocycles. The number of nitrogens with two attached hydrogens (primary N) is 1. The number of H-pyrrole nitrogens is 1. The number of aromatic nitrogens is 2. The summed E-state index contributed by atoms with van der Waals surface area (Å²) >= 11 is 0. The Balaban J connectivity index is 1.79. The van der Waals surface area contributed by atoms with Gasteiger partial charge in [-0.2, -0.15) is 0 Å². The highest BCUT2D eigenvalue weighted by atomic mass is 19.1. The third-order valence-electron chi connectivity index (χ3n) is 4.64. The molecule has 4 rings (SSSR count). The fraction of sp³-hybridized carbons (Fsp3) is 0.263. The van der Waals surface area contributed by atoms with Crippen molar-refractivity contribution in [1.29, 1.82) is 0 Å². The quantitative estimate of drug-likeness (QED) is 0.771. The first-order valence-corrected chi connectivity index (χ1v) is 8.29. The molecular formula is C19H19FN4O. The van der Waals surface area contributed by atoms with E-state index in [1.807, 2.05) is 24.3 Å². The number of fused-ring (bicyclic) bond motifs is 2. The summed E-state index contributed by atoms with van der Waals surface area (Å²) in [4.78, 5) is 22.3. The first-order valence-electron chi connectivity index (χ1n) is 8.29. The molecule has 1 aliphatic heterocycles. The van der Waals surface area contributed by atoms with E-state index in [2.05, 4.69) is 9.97 Å². The molecule has 6 heteroatoms. The number of nitrogens with zero attached hydrogens (tertiary/aromatic N) is 2. The van der Waals surface area contributed by atoms with Gasteiger partial charge in [-0.15, -0.1) is 0 Å². The summed E-state index contributed by atoms with van der Waals surface area (Å²) in [6.07, 6.45) is 0.671. The molecule has 1 aliphatic rings. The lowest BCUT2D eigenvalue weighted by molar-refractivity contribution is -0.119. The number of hydrogen-bond donors (Lipinski definition) is 2. The Labute approximate surface area is 144 Å². The second kappa shape index (κ2) is 5.97. The third-order valence-corrected chi connectivity index (χ3v) is 4.64. The van der Waals surface area contributed by atoms with Gasteiger partial charge in [0.2, 0.25) is 5.91 Å². The Morgan fingerprint density at radius 1 is 1.40 bits per heavy atom. The number of halogens is 1. The van der Waals surface area contributed by atoms with Crippen LogP contribution in [0.3, 0.4) is 0 Å². The Morgan fingerprint density at radius 3 is 2.96 bits per heavy atom. The molecular weight excluding hydrogens is 319 g/mol. The molecule has 3 N–H and O–H groups in total. The zero-order valence-electron chi connectivity index (χ0n) is 13.9. The van der Waals surface area contributed by atoms with E-state index in [1.165, 1.54) is 0 Å². The van der Waals surface area contributed by atoms with Gasteiger partial charge in [-0.3, -0.25) is 9.69 Å². The summed E-state index contributed by atoms with van der Waals surface area (Å²) in [6, 6.07) is 12.3. The third kappa shape index (κ3) is 2.59. The minimum Gasteiger partial charge on any atom is -0.340 e. The molecule has 2 heterocycles. The van der Waals surface area contributed by atoms with Crippen LogP contribution in [-0.2, 0) is 17.9 Å². The van der Waals surface area contributed by atoms with E-state index in [-0.39, 0.29) is 11.9 Å². The predicted molar refractivity (Wildman–Crippen MR) is 94.9 cm³/mol. The van der Waals surface area contributed by atoms with Crippen molar-refractivity contribution < 1.29 is 9.18 Å². The number of alkyl halides is 1. The monoisotopic (exact) mass is 338 g/mol. The molecule has 2 aromatic carbocycles. The van der Waals surface area contributed by atoms with Crippen LogP contribution in [0.1, 0.15) is 29.9 Å². The number of amides is 1. The van der Waals surface area contributed by atoms with E-state index in [0.717, 1.165) is 22.3 Å². The lowest BCUT2D eigenvalue weighted by Crippen LogP contribution is -2.43. The number of nitrogens with one attached hydrogen (secondary N) is 1. The van der Waals surface area contributed by atoms with Gasteiger partial charge < -0.3 is 10.7 Å². The average molecular weight is 338 g/mol. The van der Waals surface area contributed by atoms with E-state index in [4.69, 9.17) is 5.73 Å². The van der Waals surface area contributed by atoms with Crippen molar-refractivity contribution >= 4 is 22.6 Å². The van der Waals surface area contributed by atoms with Crippen LogP contribution in [0.15, 0.2) is 42.5 Å². The molecule has 0 aliphatic carbocycles. The van der Waals surface area contributed by atoms with Gasteiger partial charge in [0.25, 0.3) is 0 Å². The van der Waals surface area contributed by atoms with Crippen LogP contribution in [-0.4, -0.2) is 21.9 Å². The Hall–Kier alpha value is -2.73. The number of aromatic amines is 1. The fourth-order valence-electron chi connectivity index (χ4n) is 3.41. The maximum Gasteiger partial charge on any atom is 0.244 e. The zero-order valence-corrected chi connectivity index (χ0v) is 13.9. The molecule has 128 valence electrons. The number of hydrogen-bond acceptors (Lipinski definition) is 3. The minimum absolute atomic E-state index is 0.139. The molecule has 0 spiro atoms. The van der Waals surface area contributed by atoms with E-state index >= 15 is 0 Å². The van der Waals surface area contributed by atoms with E-state index < -0.39 is 12.7 Å². The van der Waals surface area contributed by atoms with Gasteiger partial charge in [-0.25, -0.2) is 9.37 Å². The Morgan fingerprint density at radius 2 is 2.20 bits per heavy atom. The van der Waals surface area contributed by atoms with Gasteiger partial charge in [0.15, 0.2) is 0 Å².